The zero-order valence-corrected chi connectivity index (χ0v) is 11.1. The van der Waals surface area contributed by atoms with Gasteiger partial charge in [0.2, 0.25) is 5.88 Å². The molecule has 0 saturated carbocycles. The van der Waals surface area contributed by atoms with Crippen molar-refractivity contribution in [3.05, 3.63) is 18.9 Å². The third-order valence-electron chi connectivity index (χ3n) is 1.22. The van der Waals surface area contributed by atoms with Gasteiger partial charge in [0.05, 0.1) is 7.14 Å². The van der Waals surface area contributed by atoms with Gasteiger partial charge in [-0.25, -0.2) is 4.98 Å². The summed E-state index contributed by atoms with van der Waals surface area (Å²) in [5.74, 6) is -0.597. The summed E-state index contributed by atoms with van der Waals surface area (Å²) in [4.78, 5) is 3.46. The van der Waals surface area contributed by atoms with Crippen LogP contribution in [0.15, 0.2) is 6.07 Å². The lowest BCUT2D eigenvalue weighted by atomic mass is 10.4. The largest absolute Gasteiger partial charge is 0.574 e. The lowest BCUT2D eigenvalue weighted by molar-refractivity contribution is -0.276. The Bertz CT molecular complexity index is 427. The Hall–Kier alpha value is -0.310. The predicted octanol–water partition coefficient (Wildman–Crippen LogP) is 3.06. The molecule has 0 spiro atoms. The van der Waals surface area contributed by atoms with Crippen LogP contribution in [0.25, 0.3) is 0 Å². The molecule has 0 radical (unpaired) electrons. The Morgan fingerprint density at radius 2 is 1.93 bits per heavy atom. The summed E-state index contributed by atoms with van der Waals surface area (Å²) in [7, 11) is 0. The molecule has 1 heterocycles. The lowest BCUT2D eigenvalue weighted by Gasteiger charge is -2.09. The van der Waals surface area contributed by atoms with Crippen LogP contribution >= 0.6 is 45.2 Å². The van der Waals surface area contributed by atoms with Gasteiger partial charge < -0.3 is 4.74 Å². The second-order valence-electron chi connectivity index (χ2n) is 2.27. The maximum atomic E-state index is 11.9. The van der Waals surface area contributed by atoms with Gasteiger partial charge in [0.15, 0.2) is 5.69 Å². The smallest absolute Gasteiger partial charge is 0.387 e. The van der Waals surface area contributed by atoms with Crippen LogP contribution in [0.4, 0.5) is 13.2 Å². The van der Waals surface area contributed by atoms with Gasteiger partial charge in [-0.15, -0.1) is 13.2 Å². The first-order valence-corrected chi connectivity index (χ1v) is 5.51. The average Bonchev–Trinajstić information content (AvgIpc) is 2.07. The van der Waals surface area contributed by atoms with Crippen LogP contribution in [0.2, 0.25) is 0 Å². The highest BCUT2D eigenvalue weighted by atomic mass is 127. The maximum absolute atomic E-state index is 11.9. The second kappa shape index (κ2) is 4.69. The number of hydrogen-bond donors (Lipinski definition) is 0. The summed E-state index contributed by atoms with van der Waals surface area (Å²) < 4.78 is 40.1. The van der Waals surface area contributed by atoms with Gasteiger partial charge in [0, 0.05) is 0 Å². The predicted molar refractivity (Wildman–Crippen MR) is 61.1 cm³/mol. The summed E-state index contributed by atoms with van der Waals surface area (Å²) in [6.07, 6.45) is -4.80. The van der Waals surface area contributed by atoms with Gasteiger partial charge in [-0.1, -0.05) is 0 Å². The summed E-state index contributed by atoms with van der Waals surface area (Å²) in [5, 5.41) is 8.58. The number of halogens is 5. The molecule has 0 N–H and O–H groups in total. The second-order valence-corrected chi connectivity index (χ2v) is 4.59. The van der Waals surface area contributed by atoms with Crippen molar-refractivity contribution in [2.45, 2.75) is 6.36 Å². The van der Waals surface area contributed by atoms with Crippen LogP contribution in [0.3, 0.4) is 0 Å². The fraction of sp³-hybridized carbons (Fsp3) is 0.143. The zero-order valence-electron chi connectivity index (χ0n) is 6.77. The highest BCUT2D eigenvalue weighted by molar-refractivity contribution is 14.1. The van der Waals surface area contributed by atoms with Crippen molar-refractivity contribution in [2.75, 3.05) is 0 Å². The van der Waals surface area contributed by atoms with Crippen molar-refractivity contribution in [1.29, 1.82) is 5.26 Å². The molecule has 0 bridgehead atoms. The number of rotatable bonds is 1. The Kier molecular flexibility index (Phi) is 3.99. The molecule has 1 aromatic heterocycles. The molecule has 0 atom stereocenters. The Balaban J connectivity index is 3.15. The van der Waals surface area contributed by atoms with E-state index in [2.05, 4.69) is 9.72 Å². The van der Waals surface area contributed by atoms with Crippen molar-refractivity contribution < 1.29 is 17.9 Å². The molecule has 1 rings (SSSR count). The zero-order chi connectivity index (χ0) is 11.6. The summed E-state index contributed by atoms with van der Waals surface area (Å²) in [6, 6.07) is 3.08. The molecule has 0 aliphatic carbocycles. The van der Waals surface area contributed by atoms with Crippen molar-refractivity contribution >= 4 is 45.2 Å². The SMILES string of the molecule is N#Cc1nc(OC(F)(F)F)c(I)cc1I. The molecule has 0 amide bonds. The van der Waals surface area contributed by atoms with Crippen LogP contribution < -0.4 is 4.74 Å². The first-order valence-electron chi connectivity index (χ1n) is 3.35. The number of hydrogen-bond acceptors (Lipinski definition) is 3. The van der Waals surface area contributed by atoms with Crippen molar-refractivity contribution in [3.8, 4) is 11.9 Å². The minimum Gasteiger partial charge on any atom is -0.387 e. The first kappa shape index (κ1) is 12.8. The molecule has 15 heavy (non-hydrogen) atoms. The molecular weight excluding hydrogens is 439 g/mol. The lowest BCUT2D eigenvalue weighted by Crippen LogP contribution is -2.19. The molecule has 8 heteroatoms. The molecule has 0 unspecified atom stereocenters. The van der Waals surface area contributed by atoms with Gasteiger partial charge >= 0.3 is 6.36 Å². The van der Waals surface area contributed by atoms with Crippen molar-refractivity contribution in [3.63, 3.8) is 0 Å². The Morgan fingerprint density at radius 3 is 2.40 bits per heavy atom. The van der Waals surface area contributed by atoms with Gasteiger partial charge in [-0.2, -0.15) is 5.26 Å². The molecular formula is C7HF3I2N2O. The minimum absolute atomic E-state index is 0.0877. The van der Waals surface area contributed by atoms with Gasteiger partial charge in [0.25, 0.3) is 0 Å². The molecule has 0 aromatic carbocycles. The fourth-order valence-electron chi connectivity index (χ4n) is 0.709. The normalized spacial score (nSPS) is 10.9. The third kappa shape index (κ3) is 3.63. The number of aromatic nitrogens is 1. The monoisotopic (exact) mass is 440 g/mol. The van der Waals surface area contributed by atoms with Crippen LogP contribution in [0.1, 0.15) is 5.69 Å². The number of alkyl halides is 3. The van der Waals surface area contributed by atoms with E-state index in [0.29, 0.717) is 3.57 Å². The molecule has 0 saturated heterocycles. The van der Waals surface area contributed by atoms with E-state index >= 15 is 0 Å². The van der Waals surface area contributed by atoms with Crippen LogP contribution in [0, 0.1) is 18.5 Å². The van der Waals surface area contributed by atoms with Gasteiger partial charge in [0.1, 0.15) is 6.07 Å². The number of nitrogens with zero attached hydrogens (tertiary/aromatic N) is 2. The van der Waals surface area contributed by atoms with Gasteiger partial charge in [-0.3, -0.25) is 0 Å². The minimum atomic E-state index is -4.80. The number of nitriles is 1. The molecule has 0 fully saturated rings. The van der Waals surface area contributed by atoms with Crippen molar-refractivity contribution in [1.82, 2.24) is 4.98 Å². The van der Waals surface area contributed by atoms with Gasteiger partial charge in [-0.05, 0) is 51.2 Å². The third-order valence-corrected chi connectivity index (χ3v) is 2.81. The number of ether oxygens (including phenoxy) is 1. The van der Waals surface area contributed by atoms with E-state index in [1.165, 1.54) is 6.07 Å². The quantitative estimate of drug-likeness (QED) is 0.632. The average molecular weight is 440 g/mol. The summed E-state index contributed by atoms with van der Waals surface area (Å²) in [6.45, 7) is 0. The fourth-order valence-corrected chi connectivity index (χ4v) is 2.40. The number of pyridine rings is 1. The summed E-state index contributed by atoms with van der Waals surface area (Å²) >= 11 is 3.47. The van der Waals surface area contributed by atoms with Crippen LogP contribution in [-0.4, -0.2) is 11.3 Å². The molecule has 80 valence electrons. The molecule has 3 nitrogen and oxygen atoms in total. The molecule has 0 aliphatic rings. The van der Waals surface area contributed by atoms with E-state index in [9.17, 15) is 13.2 Å². The van der Waals surface area contributed by atoms with E-state index in [-0.39, 0.29) is 9.26 Å². The topological polar surface area (TPSA) is 45.9 Å². The van der Waals surface area contributed by atoms with E-state index in [1.54, 1.807) is 28.7 Å². The van der Waals surface area contributed by atoms with E-state index in [0.717, 1.165) is 0 Å². The Morgan fingerprint density at radius 1 is 1.33 bits per heavy atom. The van der Waals surface area contributed by atoms with Crippen LogP contribution in [0.5, 0.6) is 5.88 Å². The molecule has 0 aliphatic heterocycles. The molecule has 1 aromatic rings. The van der Waals surface area contributed by atoms with E-state index in [4.69, 9.17) is 5.26 Å². The first-order chi connectivity index (χ1) is 6.83. The van der Waals surface area contributed by atoms with E-state index < -0.39 is 12.2 Å². The highest BCUT2D eigenvalue weighted by Gasteiger charge is 2.33. The Labute approximate surface area is 110 Å². The van der Waals surface area contributed by atoms with E-state index in [1.807, 2.05) is 22.6 Å². The van der Waals surface area contributed by atoms with Crippen LogP contribution in [-0.2, 0) is 0 Å². The highest BCUT2D eigenvalue weighted by Crippen LogP contribution is 2.27. The maximum Gasteiger partial charge on any atom is 0.574 e. The summed E-state index contributed by atoms with van der Waals surface area (Å²) in [5.41, 5.74) is -0.0877. The standard InChI is InChI=1S/C7HF3I2N2O/c8-7(9,10)15-6-4(12)1-3(11)5(2-13)14-6/h1H. The van der Waals surface area contributed by atoms with Crippen molar-refractivity contribution in [2.24, 2.45) is 0 Å².